The number of alkyl halides is 1. The van der Waals surface area contributed by atoms with E-state index in [1.165, 1.54) is 6.07 Å². The van der Waals surface area contributed by atoms with Crippen LogP contribution in [0.5, 0.6) is 0 Å². The molecule has 1 atom stereocenters. The van der Waals surface area contributed by atoms with Crippen molar-refractivity contribution >= 4 is 33.3 Å². The maximum Gasteiger partial charge on any atom is 0.166 e. The van der Waals surface area contributed by atoms with Gasteiger partial charge in [0.25, 0.3) is 0 Å². The lowest BCUT2D eigenvalue weighted by atomic mass is 9.90. The van der Waals surface area contributed by atoms with Crippen LogP contribution in [0.2, 0.25) is 0 Å². The highest BCUT2D eigenvalue weighted by atomic mass is 79.9. The lowest BCUT2D eigenvalue weighted by Crippen LogP contribution is -2.21. The van der Waals surface area contributed by atoms with E-state index in [0.717, 1.165) is 6.42 Å². The molecule has 0 aliphatic heterocycles. The molecule has 0 aliphatic carbocycles. The SMILES string of the molecule is CC(C)(C)CC(Cl)CNc1ncc(Br)cc1F. The van der Waals surface area contributed by atoms with E-state index in [0.29, 0.717) is 11.0 Å². The van der Waals surface area contributed by atoms with Gasteiger partial charge in [-0.15, -0.1) is 11.6 Å². The summed E-state index contributed by atoms with van der Waals surface area (Å²) in [4.78, 5) is 3.95. The van der Waals surface area contributed by atoms with Crippen LogP contribution in [-0.4, -0.2) is 16.9 Å². The number of hydrogen-bond acceptors (Lipinski definition) is 2. The Bertz CT molecular complexity index is 379. The topological polar surface area (TPSA) is 24.9 Å². The molecule has 1 N–H and O–H groups in total. The molecule has 0 saturated carbocycles. The Balaban J connectivity index is 2.50. The van der Waals surface area contributed by atoms with Crippen LogP contribution in [0.15, 0.2) is 16.7 Å². The van der Waals surface area contributed by atoms with Gasteiger partial charge in [0.15, 0.2) is 11.6 Å². The summed E-state index contributed by atoms with van der Waals surface area (Å²) < 4.78 is 14.1. The molecule has 0 amide bonds. The summed E-state index contributed by atoms with van der Waals surface area (Å²) >= 11 is 9.34. The van der Waals surface area contributed by atoms with Gasteiger partial charge in [-0.3, -0.25) is 0 Å². The van der Waals surface area contributed by atoms with E-state index in [1.54, 1.807) is 6.20 Å². The Morgan fingerprint density at radius 3 is 2.71 bits per heavy atom. The van der Waals surface area contributed by atoms with Gasteiger partial charge in [-0.2, -0.15) is 0 Å². The highest BCUT2D eigenvalue weighted by Crippen LogP contribution is 2.24. The van der Waals surface area contributed by atoms with Crippen molar-refractivity contribution in [3.05, 3.63) is 22.6 Å². The van der Waals surface area contributed by atoms with Crippen LogP contribution in [0, 0.1) is 11.2 Å². The normalized spacial score (nSPS) is 13.5. The first-order valence-corrected chi connectivity index (χ1v) is 6.70. The third-order valence-electron chi connectivity index (χ3n) is 2.13. The van der Waals surface area contributed by atoms with Gasteiger partial charge in [-0.1, -0.05) is 20.8 Å². The average Bonchev–Trinajstić information content (AvgIpc) is 2.13. The summed E-state index contributed by atoms with van der Waals surface area (Å²) in [6, 6.07) is 1.38. The van der Waals surface area contributed by atoms with Crippen LogP contribution in [0.4, 0.5) is 10.2 Å². The Morgan fingerprint density at radius 1 is 1.53 bits per heavy atom. The average molecular weight is 324 g/mol. The van der Waals surface area contributed by atoms with Crippen LogP contribution in [0.1, 0.15) is 27.2 Å². The molecule has 0 spiro atoms. The van der Waals surface area contributed by atoms with Crippen molar-refractivity contribution in [1.82, 2.24) is 4.98 Å². The molecule has 0 saturated heterocycles. The van der Waals surface area contributed by atoms with Crippen molar-refractivity contribution < 1.29 is 4.39 Å². The van der Waals surface area contributed by atoms with Gasteiger partial charge in [0.1, 0.15) is 0 Å². The number of anilines is 1. The molecule has 96 valence electrons. The van der Waals surface area contributed by atoms with Crippen LogP contribution in [0.25, 0.3) is 0 Å². The number of pyridine rings is 1. The van der Waals surface area contributed by atoms with E-state index in [-0.39, 0.29) is 22.4 Å². The van der Waals surface area contributed by atoms with E-state index < -0.39 is 0 Å². The maximum absolute atomic E-state index is 13.4. The zero-order chi connectivity index (χ0) is 13.1. The highest BCUT2D eigenvalue weighted by Gasteiger charge is 2.17. The maximum atomic E-state index is 13.4. The number of rotatable bonds is 4. The fourth-order valence-electron chi connectivity index (χ4n) is 1.49. The van der Waals surface area contributed by atoms with Crippen molar-refractivity contribution in [2.45, 2.75) is 32.6 Å². The second-order valence-corrected chi connectivity index (χ2v) is 6.76. The van der Waals surface area contributed by atoms with E-state index in [4.69, 9.17) is 11.6 Å². The predicted molar refractivity (Wildman–Crippen MR) is 74.1 cm³/mol. The number of nitrogens with zero attached hydrogens (tertiary/aromatic N) is 1. The van der Waals surface area contributed by atoms with Crippen molar-refractivity contribution in [2.24, 2.45) is 5.41 Å². The lowest BCUT2D eigenvalue weighted by Gasteiger charge is -2.22. The first-order chi connectivity index (χ1) is 7.78. The smallest absolute Gasteiger partial charge is 0.166 e. The Labute approximate surface area is 115 Å². The van der Waals surface area contributed by atoms with Gasteiger partial charge < -0.3 is 5.32 Å². The molecule has 0 aliphatic rings. The summed E-state index contributed by atoms with van der Waals surface area (Å²) in [7, 11) is 0. The van der Waals surface area contributed by atoms with Crippen LogP contribution >= 0.6 is 27.5 Å². The Morgan fingerprint density at radius 2 is 2.18 bits per heavy atom. The van der Waals surface area contributed by atoms with E-state index >= 15 is 0 Å². The van der Waals surface area contributed by atoms with Crippen molar-refractivity contribution in [2.75, 3.05) is 11.9 Å². The van der Waals surface area contributed by atoms with Crippen LogP contribution < -0.4 is 5.32 Å². The second-order valence-electron chi connectivity index (χ2n) is 5.23. The number of nitrogens with one attached hydrogen (secondary N) is 1. The minimum absolute atomic E-state index is 0.0418. The molecule has 5 heteroatoms. The Kier molecular flexibility index (Phi) is 5.20. The summed E-state index contributed by atoms with van der Waals surface area (Å²) in [6.45, 7) is 6.88. The number of aromatic nitrogens is 1. The lowest BCUT2D eigenvalue weighted by molar-refractivity contribution is 0.373. The first kappa shape index (κ1) is 14.7. The Hall–Kier alpha value is -0.350. The minimum atomic E-state index is -0.376. The zero-order valence-electron chi connectivity index (χ0n) is 10.2. The van der Waals surface area contributed by atoms with Crippen LogP contribution in [0.3, 0.4) is 0 Å². The summed E-state index contributed by atoms with van der Waals surface area (Å²) in [5.41, 5.74) is 0.166. The largest absolute Gasteiger partial charge is 0.366 e. The second kappa shape index (κ2) is 6.01. The van der Waals surface area contributed by atoms with Crippen molar-refractivity contribution in [3.8, 4) is 0 Å². The fraction of sp³-hybridized carbons (Fsp3) is 0.583. The number of halogens is 3. The van der Waals surface area contributed by atoms with Gasteiger partial charge in [0.05, 0.1) is 5.38 Å². The molecule has 1 heterocycles. The van der Waals surface area contributed by atoms with Gasteiger partial charge in [0.2, 0.25) is 0 Å². The van der Waals surface area contributed by atoms with Crippen LogP contribution in [-0.2, 0) is 0 Å². The van der Waals surface area contributed by atoms with Crippen molar-refractivity contribution in [3.63, 3.8) is 0 Å². The molecule has 17 heavy (non-hydrogen) atoms. The molecule has 0 radical (unpaired) electrons. The fourth-order valence-corrected chi connectivity index (χ4v) is 2.33. The minimum Gasteiger partial charge on any atom is -0.366 e. The van der Waals surface area contributed by atoms with E-state index in [2.05, 4.69) is 47.0 Å². The highest BCUT2D eigenvalue weighted by molar-refractivity contribution is 9.10. The monoisotopic (exact) mass is 322 g/mol. The molecule has 1 unspecified atom stereocenters. The van der Waals surface area contributed by atoms with Crippen molar-refractivity contribution in [1.29, 1.82) is 0 Å². The third kappa shape index (κ3) is 5.68. The zero-order valence-corrected chi connectivity index (χ0v) is 12.6. The van der Waals surface area contributed by atoms with E-state index in [1.807, 2.05) is 0 Å². The molecule has 1 aromatic heterocycles. The van der Waals surface area contributed by atoms with Gasteiger partial charge >= 0.3 is 0 Å². The van der Waals surface area contributed by atoms with E-state index in [9.17, 15) is 4.39 Å². The standard InChI is InChI=1S/C12H17BrClFN2/c1-12(2,3)5-9(14)7-17-11-10(15)4-8(13)6-16-11/h4,6,9H,5,7H2,1-3H3,(H,16,17). The molecule has 1 aromatic rings. The van der Waals surface area contributed by atoms with Gasteiger partial charge in [-0.25, -0.2) is 9.37 Å². The molecule has 0 bridgehead atoms. The molecular weight excluding hydrogens is 307 g/mol. The molecule has 1 rings (SSSR count). The molecule has 0 fully saturated rings. The molecular formula is C12H17BrClFN2. The van der Waals surface area contributed by atoms with Gasteiger partial charge in [-0.05, 0) is 33.8 Å². The predicted octanol–water partition coefficient (Wildman–Crippen LogP) is 4.44. The summed E-state index contributed by atoms with van der Waals surface area (Å²) in [6.07, 6.45) is 2.41. The quantitative estimate of drug-likeness (QED) is 0.829. The number of hydrogen-bond donors (Lipinski definition) is 1. The molecule has 2 nitrogen and oxygen atoms in total. The van der Waals surface area contributed by atoms with Gasteiger partial charge in [0, 0.05) is 17.2 Å². The summed E-state index contributed by atoms with van der Waals surface area (Å²) in [5, 5.41) is 2.88. The first-order valence-electron chi connectivity index (χ1n) is 5.47. The summed E-state index contributed by atoms with van der Waals surface area (Å²) in [5.74, 6) is -0.133. The molecule has 0 aromatic carbocycles. The third-order valence-corrected chi connectivity index (χ3v) is 2.87.